The molecule has 0 amide bonds. The van der Waals surface area contributed by atoms with E-state index in [2.05, 4.69) is 0 Å². The molecule has 0 aliphatic rings. The van der Waals surface area contributed by atoms with Gasteiger partial charge in [-0.1, -0.05) is 42.5 Å². The Labute approximate surface area is 162 Å². The van der Waals surface area contributed by atoms with Crippen LogP contribution >= 0.6 is 0 Å². The first-order valence-electron chi connectivity index (χ1n) is 8.71. The number of carbonyl (C=O) groups is 2. The van der Waals surface area contributed by atoms with Crippen LogP contribution in [0.25, 0.3) is 21.8 Å². The number of hydrogen-bond donors (Lipinski definition) is 0. The van der Waals surface area contributed by atoms with E-state index in [-0.39, 0.29) is 16.5 Å². The lowest BCUT2D eigenvalue weighted by Crippen LogP contribution is -2.13. The molecule has 4 aromatic rings. The zero-order valence-electron chi connectivity index (χ0n) is 15.3. The first-order valence-corrected chi connectivity index (χ1v) is 10.2. The molecule has 0 N–H and O–H groups in total. The topological polar surface area (TPSA) is 73.2 Å². The van der Waals surface area contributed by atoms with E-state index in [4.69, 9.17) is 0 Å². The molecule has 0 saturated heterocycles. The van der Waals surface area contributed by atoms with Gasteiger partial charge in [0.2, 0.25) is 0 Å². The van der Waals surface area contributed by atoms with E-state index in [0.717, 1.165) is 0 Å². The van der Waals surface area contributed by atoms with Crippen molar-refractivity contribution in [3.63, 3.8) is 0 Å². The zero-order valence-corrected chi connectivity index (χ0v) is 16.2. The van der Waals surface area contributed by atoms with Crippen LogP contribution in [0, 0.1) is 0 Å². The number of benzene rings is 3. The van der Waals surface area contributed by atoms with Gasteiger partial charge in [0.1, 0.15) is 0 Å². The monoisotopic (exact) mass is 391 g/mol. The average Bonchev–Trinajstić information content (AvgIpc) is 3.02. The summed E-state index contributed by atoms with van der Waals surface area (Å²) in [5.41, 5.74) is 1.66. The molecule has 4 rings (SSSR count). The summed E-state index contributed by atoms with van der Waals surface area (Å²) >= 11 is 0. The number of carbonyl (C=O) groups excluding carboxylic acids is 2. The van der Waals surface area contributed by atoms with Gasteiger partial charge in [0.25, 0.3) is 10.0 Å². The van der Waals surface area contributed by atoms with Crippen molar-refractivity contribution >= 4 is 43.4 Å². The van der Waals surface area contributed by atoms with Crippen LogP contribution in [0.3, 0.4) is 0 Å². The molecule has 0 aliphatic heterocycles. The minimum absolute atomic E-state index is 0.134. The molecular formula is C22H17NO4S. The van der Waals surface area contributed by atoms with Crippen molar-refractivity contribution in [2.45, 2.75) is 18.7 Å². The Balaban J connectivity index is 2.19. The number of ketones is 2. The van der Waals surface area contributed by atoms with Gasteiger partial charge in [-0.05, 0) is 38.1 Å². The maximum Gasteiger partial charge on any atom is 0.268 e. The van der Waals surface area contributed by atoms with Gasteiger partial charge in [-0.15, -0.1) is 0 Å². The molecule has 6 heteroatoms. The van der Waals surface area contributed by atoms with E-state index in [1.807, 2.05) is 0 Å². The Kier molecular flexibility index (Phi) is 4.16. The molecule has 5 nitrogen and oxygen atoms in total. The molecular weight excluding hydrogens is 374 g/mol. The van der Waals surface area contributed by atoms with Gasteiger partial charge in [-0.25, -0.2) is 12.4 Å². The van der Waals surface area contributed by atoms with E-state index < -0.39 is 10.0 Å². The molecule has 0 saturated carbocycles. The summed E-state index contributed by atoms with van der Waals surface area (Å²) in [4.78, 5) is 23.9. The predicted molar refractivity (Wildman–Crippen MR) is 108 cm³/mol. The standard InChI is InChI=1S/C22H17NO4S/c1-14(24)16-8-10-19-20-11-9-17(15(2)25)13-22(20)23(21(19)12-16)28(26,27)18-6-4-3-5-7-18/h3-13H,1-2H3. The summed E-state index contributed by atoms with van der Waals surface area (Å²) < 4.78 is 28.2. The number of rotatable bonds is 4. The summed E-state index contributed by atoms with van der Waals surface area (Å²) in [6, 6.07) is 18.1. The van der Waals surface area contributed by atoms with Gasteiger partial charge in [0.15, 0.2) is 11.6 Å². The first kappa shape index (κ1) is 18.1. The van der Waals surface area contributed by atoms with Crippen molar-refractivity contribution in [2.24, 2.45) is 0 Å². The molecule has 0 unspecified atom stereocenters. The molecule has 0 radical (unpaired) electrons. The predicted octanol–water partition coefficient (Wildman–Crippen LogP) is 4.44. The first-order chi connectivity index (χ1) is 13.3. The molecule has 140 valence electrons. The zero-order chi connectivity index (χ0) is 20.1. The van der Waals surface area contributed by atoms with Crippen LogP contribution in [0.4, 0.5) is 0 Å². The van der Waals surface area contributed by atoms with Gasteiger partial charge >= 0.3 is 0 Å². The fourth-order valence-corrected chi connectivity index (χ4v) is 4.91. The van der Waals surface area contributed by atoms with Gasteiger partial charge in [0, 0.05) is 21.9 Å². The van der Waals surface area contributed by atoms with Crippen LogP contribution in [-0.2, 0) is 10.0 Å². The highest BCUT2D eigenvalue weighted by Crippen LogP contribution is 2.34. The number of Topliss-reactive ketones (excluding diaryl/α,β-unsaturated/α-hetero) is 2. The molecule has 28 heavy (non-hydrogen) atoms. The quantitative estimate of drug-likeness (QED) is 0.482. The van der Waals surface area contributed by atoms with Gasteiger partial charge in [-0.2, -0.15) is 0 Å². The minimum Gasteiger partial charge on any atom is -0.295 e. The van der Waals surface area contributed by atoms with Crippen molar-refractivity contribution in [2.75, 3.05) is 0 Å². The third-order valence-corrected chi connectivity index (χ3v) is 6.56. The molecule has 0 spiro atoms. The smallest absolute Gasteiger partial charge is 0.268 e. The molecule has 3 aromatic carbocycles. The van der Waals surface area contributed by atoms with E-state index in [9.17, 15) is 18.0 Å². The summed E-state index contributed by atoms with van der Waals surface area (Å²) in [5, 5.41) is 1.41. The van der Waals surface area contributed by atoms with Crippen LogP contribution in [0.2, 0.25) is 0 Å². The molecule has 0 bridgehead atoms. The van der Waals surface area contributed by atoms with Crippen molar-refractivity contribution < 1.29 is 18.0 Å². The fraction of sp³-hybridized carbons (Fsp3) is 0.0909. The number of nitrogens with zero attached hydrogens (tertiary/aromatic N) is 1. The van der Waals surface area contributed by atoms with E-state index in [1.54, 1.807) is 54.6 Å². The Morgan fingerprint density at radius 1 is 0.714 bits per heavy atom. The van der Waals surface area contributed by atoms with Crippen molar-refractivity contribution in [1.82, 2.24) is 3.97 Å². The maximum absolute atomic E-state index is 13.5. The second kappa shape index (κ2) is 6.42. The maximum atomic E-state index is 13.5. The fourth-order valence-electron chi connectivity index (χ4n) is 3.38. The third kappa shape index (κ3) is 2.73. The number of aromatic nitrogens is 1. The molecule has 0 aliphatic carbocycles. The van der Waals surface area contributed by atoms with Crippen LogP contribution in [0.15, 0.2) is 71.6 Å². The van der Waals surface area contributed by atoms with Crippen molar-refractivity contribution in [1.29, 1.82) is 0 Å². The van der Waals surface area contributed by atoms with Crippen LogP contribution in [0.5, 0.6) is 0 Å². The van der Waals surface area contributed by atoms with Crippen LogP contribution < -0.4 is 0 Å². The Morgan fingerprint density at radius 2 is 1.18 bits per heavy atom. The highest BCUT2D eigenvalue weighted by molar-refractivity contribution is 7.90. The lowest BCUT2D eigenvalue weighted by molar-refractivity contribution is 0.100. The normalized spacial score (nSPS) is 11.8. The summed E-state index contributed by atoms with van der Waals surface area (Å²) in [6.45, 7) is 2.88. The highest BCUT2D eigenvalue weighted by atomic mass is 32.2. The number of hydrogen-bond acceptors (Lipinski definition) is 4. The SMILES string of the molecule is CC(=O)c1ccc2c3ccc(C(C)=O)cc3n(S(=O)(=O)c3ccccc3)c2c1. The van der Waals surface area contributed by atoms with Crippen LogP contribution in [0.1, 0.15) is 34.6 Å². The van der Waals surface area contributed by atoms with Crippen molar-refractivity contribution in [3.05, 3.63) is 77.9 Å². The Hall–Kier alpha value is -3.25. The van der Waals surface area contributed by atoms with Gasteiger partial charge < -0.3 is 0 Å². The minimum atomic E-state index is -3.94. The third-order valence-electron chi connectivity index (χ3n) is 4.82. The molecule has 0 fully saturated rings. The number of fused-ring (bicyclic) bond motifs is 3. The lowest BCUT2D eigenvalue weighted by Gasteiger charge is -2.10. The average molecular weight is 391 g/mol. The van der Waals surface area contributed by atoms with E-state index in [0.29, 0.717) is 32.9 Å². The summed E-state index contributed by atoms with van der Waals surface area (Å²) in [5.74, 6) is -0.305. The van der Waals surface area contributed by atoms with E-state index in [1.165, 1.54) is 30.0 Å². The largest absolute Gasteiger partial charge is 0.295 e. The Morgan fingerprint density at radius 3 is 1.61 bits per heavy atom. The summed E-state index contributed by atoms with van der Waals surface area (Å²) in [6.07, 6.45) is 0. The lowest BCUT2D eigenvalue weighted by atomic mass is 10.1. The van der Waals surface area contributed by atoms with Gasteiger partial charge in [-0.3, -0.25) is 9.59 Å². The van der Waals surface area contributed by atoms with Crippen molar-refractivity contribution in [3.8, 4) is 0 Å². The second-order valence-electron chi connectivity index (χ2n) is 6.66. The summed E-state index contributed by atoms with van der Waals surface area (Å²) in [7, 11) is -3.94. The molecule has 1 heterocycles. The van der Waals surface area contributed by atoms with Gasteiger partial charge in [0.05, 0.1) is 15.9 Å². The molecule has 1 aromatic heterocycles. The van der Waals surface area contributed by atoms with Crippen LogP contribution in [-0.4, -0.2) is 24.0 Å². The molecule has 0 atom stereocenters. The highest BCUT2D eigenvalue weighted by Gasteiger charge is 2.24. The Bertz CT molecular complexity index is 1290. The second-order valence-corrected chi connectivity index (χ2v) is 8.45. The van der Waals surface area contributed by atoms with E-state index >= 15 is 0 Å².